The molecule has 44 heavy (non-hydrogen) atoms. The summed E-state index contributed by atoms with van der Waals surface area (Å²) in [5.74, 6) is -0.0370. The predicted molar refractivity (Wildman–Crippen MR) is 165 cm³/mol. The number of anilines is 2. The second-order valence-electron chi connectivity index (χ2n) is 9.07. The number of rotatable bonds is 6. The van der Waals surface area contributed by atoms with Gasteiger partial charge in [-0.2, -0.15) is 0 Å². The number of carbonyl (C=O) groups is 3. The zero-order valence-electron chi connectivity index (χ0n) is 23.4. The van der Waals surface area contributed by atoms with E-state index in [0.29, 0.717) is 28.1 Å². The van der Waals surface area contributed by atoms with E-state index in [1.807, 2.05) is 36.4 Å². The van der Waals surface area contributed by atoms with E-state index in [2.05, 4.69) is 52.2 Å². The number of hydrogen-bond acceptors (Lipinski definition) is 8. The van der Waals surface area contributed by atoms with Crippen molar-refractivity contribution in [2.75, 3.05) is 24.9 Å². The zero-order chi connectivity index (χ0) is 31.1. The maximum Gasteiger partial charge on any atom is 0.413 e. The lowest BCUT2D eigenvalue weighted by Gasteiger charge is -2.01. The molecule has 4 N–H and O–H groups in total. The van der Waals surface area contributed by atoms with Gasteiger partial charge in [-0.15, -0.1) is 0 Å². The van der Waals surface area contributed by atoms with Gasteiger partial charge in [-0.05, 0) is 72.8 Å². The maximum atomic E-state index is 12.9. The van der Waals surface area contributed by atoms with Crippen LogP contribution in [0.25, 0.3) is 22.1 Å². The molecule has 0 aliphatic heterocycles. The number of nitrogens with one attached hydrogen (secondary N) is 4. The molecule has 0 bridgehead atoms. The van der Waals surface area contributed by atoms with E-state index >= 15 is 0 Å². The largest absolute Gasteiger partial charge is 0.453 e. The highest BCUT2D eigenvalue weighted by Gasteiger charge is 2.13. The highest BCUT2D eigenvalue weighted by molar-refractivity contribution is 7.99. The van der Waals surface area contributed by atoms with E-state index < -0.39 is 18.0 Å². The number of ketones is 1. The van der Waals surface area contributed by atoms with E-state index in [0.717, 1.165) is 15.9 Å². The molecule has 11 nitrogen and oxygen atoms in total. The van der Waals surface area contributed by atoms with Crippen molar-refractivity contribution in [3.8, 4) is 0 Å². The van der Waals surface area contributed by atoms with Crippen LogP contribution in [0.1, 0.15) is 15.9 Å². The molecule has 0 saturated heterocycles. The number of fused-ring (bicyclic) bond motifs is 2. The van der Waals surface area contributed by atoms with Crippen LogP contribution in [0.2, 0.25) is 0 Å². The number of nitrogens with zero attached hydrogens (tertiary/aromatic N) is 2. The minimum atomic E-state index is -0.647. The molecule has 2 heterocycles. The summed E-state index contributed by atoms with van der Waals surface area (Å²) in [5, 5.41) is 4.93. The maximum absolute atomic E-state index is 12.9. The Morgan fingerprint density at radius 1 is 0.682 bits per heavy atom. The quantitative estimate of drug-likeness (QED) is 0.147. The third-order valence-corrected chi connectivity index (χ3v) is 7.09. The molecule has 6 aromatic rings. The number of hydrogen-bond donors (Lipinski definition) is 4. The number of ether oxygens (including phenoxy) is 2. The first-order valence-corrected chi connectivity index (χ1v) is 13.9. The van der Waals surface area contributed by atoms with Crippen molar-refractivity contribution in [1.82, 2.24) is 19.9 Å². The van der Waals surface area contributed by atoms with Crippen LogP contribution in [0.3, 0.4) is 0 Å². The minimum absolute atomic E-state index is 0.221. The molecule has 0 aliphatic carbocycles. The molecule has 0 aliphatic rings. The molecule has 2 aromatic heterocycles. The van der Waals surface area contributed by atoms with Gasteiger partial charge in [-0.3, -0.25) is 15.4 Å². The van der Waals surface area contributed by atoms with Crippen LogP contribution in [0, 0.1) is 5.82 Å². The van der Waals surface area contributed by atoms with E-state index in [4.69, 9.17) is 0 Å². The molecule has 4 aromatic carbocycles. The third kappa shape index (κ3) is 7.38. The highest BCUT2D eigenvalue weighted by Crippen LogP contribution is 2.29. The van der Waals surface area contributed by atoms with E-state index in [1.54, 1.807) is 30.0 Å². The predicted octanol–water partition coefficient (Wildman–Crippen LogP) is 7.00. The van der Waals surface area contributed by atoms with Crippen LogP contribution in [0.4, 0.5) is 25.9 Å². The van der Waals surface area contributed by atoms with Gasteiger partial charge < -0.3 is 19.4 Å². The summed E-state index contributed by atoms with van der Waals surface area (Å²) in [6.07, 6.45) is -1.19. The van der Waals surface area contributed by atoms with Crippen molar-refractivity contribution in [3.63, 3.8) is 0 Å². The summed E-state index contributed by atoms with van der Waals surface area (Å²) in [7, 11) is 2.56. The normalized spacial score (nSPS) is 10.5. The Balaban J connectivity index is 0.000000175. The third-order valence-electron chi connectivity index (χ3n) is 6.09. The molecule has 222 valence electrons. The Hall–Kier alpha value is -5.69. The van der Waals surface area contributed by atoms with Crippen LogP contribution in [-0.2, 0) is 9.47 Å². The fourth-order valence-electron chi connectivity index (χ4n) is 4.01. The molecular weight excluding hydrogens is 587 g/mol. The lowest BCUT2D eigenvalue weighted by molar-refractivity contribution is 0.103. The molecule has 0 saturated carbocycles. The van der Waals surface area contributed by atoms with Gasteiger partial charge in [0.1, 0.15) is 5.82 Å². The molecule has 0 radical (unpaired) electrons. The summed E-state index contributed by atoms with van der Waals surface area (Å²) >= 11 is 1.67. The highest BCUT2D eigenvalue weighted by atomic mass is 32.2. The van der Waals surface area contributed by atoms with Crippen LogP contribution >= 0.6 is 11.8 Å². The number of amides is 2. The fourth-order valence-corrected chi connectivity index (χ4v) is 4.89. The summed E-state index contributed by atoms with van der Waals surface area (Å²) in [4.78, 5) is 51.4. The lowest BCUT2D eigenvalue weighted by atomic mass is 10.0. The number of imidazole rings is 2. The Morgan fingerprint density at radius 2 is 1.23 bits per heavy atom. The van der Waals surface area contributed by atoms with Crippen molar-refractivity contribution >= 4 is 63.7 Å². The number of H-pyrrole nitrogens is 2. The van der Waals surface area contributed by atoms with E-state index in [-0.39, 0.29) is 11.7 Å². The first kappa shape index (κ1) is 29.8. The van der Waals surface area contributed by atoms with Gasteiger partial charge in [0.15, 0.2) is 5.78 Å². The van der Waals surface area contributed by atoms with E-state index in [9.17, 15) is 18.8 Å². The first-order chi connectivity index (χ1) is 21.3. The molecule has 2 amide bonds. The average Bonchev–Trinajstić information content (AvgIpc) is 3.63. The van der Waals surface area contributed by atoms with Gasteiger partial charge in [0.05, 0.1) is 36.3 Å². The number of carbonyl (C=O) groups excluding carboxylic acids is 3. The Kier molecular flexibility index (Phi) is 9.16. The molecule has 6 rings (SSSR count). The van der Waals surface area contributed by atoms with Crippen LogP contribution in [0.15, 0.2) is 101 Å². The summed E-state index contributed by atoms with van der Waals surface area (Å²) in [5.41, 5.74) is 3.65. The number of halogens is 1. The molecule has 13 heteroatoms. The van der Waals surface area contributed by atoms with Gasteiger partial charge in [-0.25, -0.2) is 23.9 Å². The molecule has 0 fully saturated rings. The zero-order valence-corrected chi connectivity index (χ0v) is 24.2. The van der Waals surface area contributed by atoms with Crippen molar-refractivity contribution in [2.24, 2.45) is 0 Å². The molecular formula is C31H25FN6O5S. The standard InChI is InChI=1S/C16H12FN3O3.C15H13N3O2S/c1-23-16(22)20-15-18-12-7-4-10(8-13(12)19-15)14(21)9-2-5-11(17)6-3-9;1-20-15(19)18-14-16-12-8-7-11(9-13(12)17-14)21-10-5-3-2-4-6-10/h2-8H,1H3,(H2,18,19,20,22);2-9H,1H3,(H2,16,17,18,19). The van der Waals surface area contributed by atoms with Gasteiger partial charge in [0, 0.05) is 20.9 Å². The summed E-state index contributed by atoms with van der Waals surface area (Å²) in [6, 6.07) is 26.3. The lowest BCUT2D eigenvalue weighted by Crippen LogP contribution is -2.11. The Bertz CT molecular complexity index is 1940. The SMILES string of the molecule is COC(=O)Nc1nc2ccc(C(=O)c3ccc(F)cc3)cc2[nH]1.COC(=O)Nc1nc2ccc(Sc3ccccc3)cc2[nH]1. The number of aromatic amines is 2. The number of benzene rings is 4. The molecule has 0 atom stereocenters. The van der Waals surface area contributed by atoms with Crippen LogP contribution in [-0.4, -0.2) is 52.1 Å². The van der Waals surface area contributed by atoms with Crippen LogP contribution < -0.4 is 10.6 Å². The van der Waals surface area contributed by atoms with Crippen molar-refractivity contribution in [1.29, 1.82) is 0 Å². The van der Waals surface area contributed by atoms with Crippen molar-refractivity contribution in [2.45, 2.75) is 9.79 Å². The molecule has 0 spiro atoms. The summed E-state index contributed by atoms with van der Waals surface area (Å²) < 4.78 is 22.0. The van der Waals surface area contributed by atoms with E-state index in [1.165, 1.54) is 43.4 Å². The van der Waals surface area contributed by atoms with Gasteiger partial charge in [0.2, 0.25) is 11.9 Å². The second kappa shape index (κ2) is 13.5. The molecule has 0 unspecified atom stereocenters. The van der Waals surface area contributed by atoms with Gasteiger partial charge >= 0.3 is 12.2 Å². The first-order valence-electron chi connectivity index (χ1n) is 13.0. The monoisotopic (exact) mass is 612 g/mol. The minimum Gasteiger partial charge on any atom is -0.453 e. The van der Waals surface area contributed by atoms with Crippen LogP contribution in [0.5, 0.6) is 0 Å². The Labute approximate surface area is 254 Å². The summed E-state index contributed by atoms with van der Waals surface area (Å²) in [6.45, 7) is 0. The van der Waals surface area contributed by atoms with Gasteiger partial charge in [0.25, 0.3) is 0 Å². The topological polar surface area (TPSA) is 151 Å². The average molecular weight is 613 g/mol. The number of aromatic nitrogens is 4. The fraction of sp³-hybridized carbons (Fsp3) is 0.0645. The second-order valence-corrected chi connectivity index (χ2v) is 10.2. The Morgan fingerprint density at radius 3 is 1.82 bits per heavy atom. The smallest absolute Gasteiger partial charge is 0.413 e. The van der Waals surface area contributed by atoms with Crippen molar-refractivity contribution in [3.05, 3.63) is 108 Å². The van der Waals surface area contributed by atoms with Crippen molar-refractivity contribution < 1.29 is 28.2 Å². The number of methoxy groups -OCH3 is 2. The van der Waals surface area contributed by atoms with Gasteiger partial charge in [-0.1, -0.05) is 30.0 Å².